The van der Waals surface area contributed by atoms with Crippen LogP contribution in [0.25, 0.3) is 0 Å². The minimum atomic E-state index is -0.865. The lowest BCUT2D eigenvalue weighted by molar-refractivity contribution is -0.385. The van der Waals surface area contributed by atoms with Gasteiger partial charge in [-0.1, -0.05) is 30.3 Å². The first-order valence-corrected chi connectivity index (χ1v) is 8.95. The van der Waals surface area contributed by atoms with E-state index in [0.717, 1.165) is 0 Å². The molecular weight excluding hydrogens is 390 g/mol. The molecule has 0 aliphatic heterocycles. The highest BCUT2D eigenvalue weighted by Crippen LogP contribution is 2.21. The molecule has 3 aromatic carbocycles. The molecule has 0 aromatic heterocycles. The second-order valence-electron chi connectivity index (χ2n) is 5.99. The monoisotopic (exact) mass is 407 g/mol. The maximum atomic E-state index is 12.2. The Bertz CT molecular complexity index is 1030. The number of ether oxygens (including phenoxy) is 3. The van der Waals surface area contributed by atoms with Crippen LogP contribution >= 0.6 is 0 Å². The van der Waals surface area contributed by atoms with Crippen LogP contribution < -0.4 is 9.47 Å². The standard InChI is InChI=1S/C22H17NO7/c24-21(29-15-14-28-17-6-2-1-3-7-17)16-10-12-18(13-11-16)30-22(25)19-8-4-5-9-20(19)23(26)27/h1-13H,14-15H2. The molecule has 0 radical (unpaired) electrons. The summed E-state index contributed by atoms with van der Waals surface area (Å²) < 4.78 is 15.7. The number of carbonyl (C=O) groups excluding carboxylic acids is 2. The molecule has 8 nitrogen and oxygen atoms in total. The molecule has 0 heterocycles. The molecule has 0 saturated carbocycles. The summed E-state index contributed by atoms with van der Waals surface area (Å²) in [6.07, 6.45) is 0. The molecule has 0 atom stereocenters. The van der Waals surface area contributed by atoms with Gasteiger partial charge in [0.25, 0.3) is 5.69 Å². The Morgan fingerprint density at radius 1 is 0.767 bits per heavy atom. The van der Waals surface area contributed by atoms with Crippen molar-refractivity contribution in [1.29, 1.82) is 0 Å². The molecule has 3 rings (SSSR count). The second kappa shape index (κ2) is 9.83. The van der Waals surface area contributed by atoms with Gasteiger partial charge < -0.3 is 14.2 Å². The van der Waals surface area contributed by atoms with Crippen molar-refractivity contribution in [2.24, 2.45) is 0 Å². The number of benzene rings is 3. The number of nitro groups is 1. The Morgan fingerprint density at radius 3 is 2.13 bits per heavy atom. The van der Waals surface area contributed by atoms with Crippen LogP contribution in [-0.2, 0) is 4.74 Å². The van der Waals surface area contributed by atoms with Gasteiger partial charge in [-0.15, -0.1) is 0 Å². The molecule has 0 bridgehead atoms. The molecule has 0 amide bonds. The summed E-state index contributed by atoms with van der Waals surface area (Å²) in [5.74, 6) is -0.598. The molecule has 0 fully saturated rings. The predicted octanol–water partition coefficient (Wildman–Crippen LogP) is 4.05. The zero-order valence-electron chi connectivity index (χ0n) is 15.7. The zero-order valence-corrected chi connectivity index (χ0v) is 15.7. The van der Waals surface area contributed by atoms with Crippen molar-refractivity contribution in [3.8, 4) is 11.5 Å². The number of rotatable bonds is 8. The van der Waals surface area contributed by atoms with E-state index in [-0.39, 0.29) is 35.8 Å². The van der Waals surface area contributed by atoms with Gasteiger partial charge >= 0.3 is 11.9 Å². The second-order valence-corrected chi connectivity index (χ2v) is 5.99. The molecule has 30 heavy (non-hydrogen) atoms. The fraction of sp³-hybridized carbons (Fsp3) is 0.0909. The molecule has 152 valence electrons. The molecule has 0 saturated heterocycles. The predicted molar refractivity (Wildman–Crippen MR) is 107 cm³/mol. The summed E-state index contributed by atoms with van der Waals surface area (Å²) in [5, 5.41) is 11.0. The van der Waals surface area contributed by atoms with Gasteiger partial charge in [0.05, 0.1) is 10.5 Å². The van der Waals surface area contributed by atoms with Crippen LogP contribution in [0.1, 0.15) is 20.7 Å². The fourth-order valence-corrected chi connectivity index (χ4v) is 2.52. The average Bonchev–Trinajstić information content (AvgIpc) is 2.77. The SMILES string of the molecule is O=C(OCCOc1ccccc1)c1ccc(OC(=O)c2ccccc2[N+](=O)[O-])cc1. The largest absolute Gasteiger partial charge is 0.490 e. The van der Waals surface area contributed by atoms with E-state index in [1.54, 1.807) is 12.1 Å². The smallest absolute Gasteiger partial charge is 0.350 e. The van der Waals surface area contributed by atoms with E-state index >= 15 is 0 Å². The molecule has 0 N–H and O–H groups in total. The lowest BCUT2D eigenvalue weighted by Crippen LogP contribution is -2.13. The van der Waals surface area contributed by atoms with Gasteiger partial charge in [0.15, 0.2) is 0 Å². The van der Waals surface area contributed by atoms with Gasteiger partial charge in [-0.2, -0.15) is 0 Å². The van der Waals surface area contributed by atoms with Crippen LogP contribution in [0.5, 0.6) is 11.5 Å². The highest BCUT2D eigenvalue weighted by molar-refractivity contribution is 5.95. The van der Waals surface area contributed by atoms with Gasteiger partial charge in [-0.05, 0) is 42.5 Å². The van der Waals surface area contributed by atoms with E-state index in [1.807, 2.05) is 18.2 Å². The van der Waals surface area contributed by atoms with Crippen molar-refractivity contribution >= 4 is 17.6 Å². The van der Waals surface area contributed by atoms with Crippen LogP contribution in [0.15, 0.2) is 78.9 Å². The van der Waals surface area contributed by atoms with Crippen LogP contribution in [-0.4, -0.2) is 30.1 Å². The third kappa shape index (κ3) is 5.41. The summed E-state index contributed by atoms with van der Waals surface area (Å²) in [5.41, 5.74) is -0.245. The Hall–Kier alpha value is -4.20. The number of hydrogen-bond donors (Lipinski definition) is 0. The van der Waals surface area contributed by atoms with Crippen LogP contribution in [0, 0.1) is 10.1 Å². The first-order chi connectivity index (χ1) is 14.5. The summed E-state index contributed by atoms with van der Waals surface area (Å²) in [4.78, 5) is 34.7. The highest BCUT2D eigenvalue weighted by Gasteiger charge is 2.21. The molecular formula is C22H17NO7. The molecule has 8 heteroatoms. The molecule has 0 unspecified atom stereocenters. The van der Waals surface area contributed by atoms with Gasteiger partial charge in [-0.3, -0.25) is 10.1 Å². The maximum absolute atomic E-state index is 12.2. The third-order valence-corrected chi connectivity index (χ3v) is 3.95. The minimum Gasteiger partial charge on any atom is -0.490 e. The van der Waals surface area contributed by atoms with Gasteiger partial charge in [0.1, 0.15) is 30.3 Å². The number of nitro benzene ring substituents is 1. The van der Waals surface area contributed by atoms with E-state index in [9.17, 15) is 19.7 Å². The fourth-order valence-electron chi connectivity index (χ4n) is 2.52. The first kappa shape index (κ1) is 20.5. The van der Waals surface area contributed by atoms with E-state index in [0.29, 0.717) is 5.75 Å². The van der Waals surface area contributed by atoms with E-state index in [1.165, 1.54) is 48.5 Å². The van der Waals surface area contributed by atoms with Crippen molar-refractivity contribution in [1.82, 2.24) is 0 Å². The number of para-hydroxylation sites is 2. The van der Waals surface area contributed by atoms with Gasteiger partial charge in [0.2, 0.25) is 0 Å². The minimum absolute atomic E-state index is 0.0716. The molecule has 0 spiro atoms. The average molecular weight is 407 g/mol. The van der Waals surface area contributed by atoms with Crippen molar-refractivity contribution in [2.75, 3.05) is 13.2 Å². The summed E-state index contributed by atoms with van der Waals surface area (Å²) in [7, 11) is 0. The van der Waals surface area contributed by atoms with E-state index in [2.05, 4.69) is 0 Å². The normalized spacial score (nSPS) is 10.1. The number of esters is 2. The summed E-state index contributed by atoms with van der Waals surface area (Å²) in [6, 6.07) is 20.3. The van der Waals surface area contributed by atoms with E-state index in [4.69, 9.17) is 14.2 Å². The summed E-state index contributed by atoms with van der Waals surface area (Å²) >= 11 is 0. The summed E-state index contributed by atoms with van der Waals surface area (Å²) in [6.45, 7) is 0.281. The number of carbonyl (C=O) groups is 2. The van der Waals surface area contributed by atoms with E-state index < -0.39 is 16.9 Å². The molecule has 0 aliphatic rings. The van der Waals surface area contributed by atoms with Crippen LogP contribution in [0.3, 0.4) is 0 Å². The zero-order chi connectivity index (χ0) is 21.3. The molecule has 3 aromatic rings. The van der Waals surface area contributed by atoms with Gasteiger partial charge in [-0.25, -0.2) is 9.59 Å². The number of nitrogens with zero attached hydrogens (tertiary/aromatic N) is 1. The molecule has 0 aliphatic carbocycles. The number of hydrogen-bond acceptors (Lipinski definition) is 7. The lowest BCUT2D eigenvalue weighted by atomic mass is 10.2. The van der Waals surface area contributed by atoms with Gasteiger partial charge in [0, 0.05) is 6.07 Å². The topological polar surface area (TPSA) is 105 Å². The van der Waals surface area contributed by atoms with Crippen molar-refractivity contribution < 1.29 is 28.7 Å². The first-order valence-electron chi connectivity index (χ1n) is 8.95. The van der Waals surface area contributed by atoms with Crippen molar-refractivity contribution in [3.63, 3.8) is 0 Å². The van der Waals surface area contributed by atoms with Crippen molar-refractivity contribution in [3.05, 3.63) is 100 Å². The highest BCUT2D eigenvalue weighted by atomic mass is 16.6. The Balaban J connectivity index is 1.52. The van der Waals surface area contributed by atoms with Crippen LogP contribution in [0.2, 0.25) is 0 Å². The Morgan fingerprint density at radius 2 is 1.43 bits per heavy atom. The quantitative estimate of drug-likeness (QED) is 0.182. The third-order valence-electron chi connectivity index (χ3n) is 3.95. The Kier molecular flexibility index (Phi) is 6.73. The van der Waals surface area contributed by atoms with Crippen molar-refractivity contribution in [2.45, 2.75) is 0 Å². The maximum Gasteiger partial charge on any atom is 0.350 e. The Labute approximate surface area is 171 Å². The lowest BCUT2D eigenvalue weighted by Gasteiger charge is -2.08. The van der Waals surface area contributed by atoms with Crippen LogP contribution in [0.4, 0.5) is 5.69 Å².